The molecule has 2 aliphatic carbocycles. The topological polar surface area (TPSA) is 78.5 Å². The molecule has 2 N–H and O–H groups in total. The van der Waals surface area contributed by atoms with Gasteiger partial charge in [-0.2, -0.15) is 0 Å². The van der Waals surface area contributed by atoms with E-state index in [1.165, 1.54) is 4.90 Å². The van der Waals surface area contributed by atoms with Crippen LogP contribution >= 0.6 is 12.4 Å². The van der Waals surface area contributed by atoms with Gasteiger partial charge in [0.1, 0.15) is 0 Å². The number of amides is 3. The van der Waals surface area contributed by atoms with Crippen molar-refractivity contribution in [1.29, 1.82) is 0 Å². The van der Waals surface area contributed by atoms with Gasteiger partial charge in [-0.05, 0) is 56.5 Å². The van der Waals surface area contributed by atoms with Crippen molar-refractivity contribution in [1.82, 2.24) is 15.5 Å². The van der Waals surface area contributed by atoms with E-state index in [9.17, 15) is 14.4 Å². The smallest absolute Gasteiger partial charge is 0.233 e. The molecule has 4 rings (SSSR count). The fourth-order valence-electron chi connectivity index (χ4n) is 5.09. The molecule has 1 saturated carbocycles. The predicted octanol–water partition coefficient (Wildman–Crippen LogP) is 1.11. The fourth-order valence-corrected chi connectivity index (χ4v) is 5.09. The van der Waals surface area contributed by atoms with Gasteiger partial charge in [0.25, 0.3) is 0 Å². The Labute approximate surface area is 160 Å². The molecule has 0 aromatic carbocycles. The van der Waals surface area contributed by atoms with Gasteiger partial charge in [0.2, 0.25) is 17.7 Å². The van der Waals surface area contributed by atoms with Crippen LogP contribution in [-0.2, 0) is 14.4 Å². The second-order valence-electron chi connectivity index (χ2n) is 7.91. The highest BCUT2D eigenvalue weighted by molar-refractivity contribution is 6.06. The maximum absolute atomic E-state index is 12.5. The molecule has 2 aliphatic heterocycles. The quantitative estimate of drug-likeness (QED) is 0.533. The summed E-state index contributed by atoms with van der Waals surface area (Å²) in [5.41, 5.74) is 0. The molecule has 4 aliphatic rings. The van der Waals surface area contributed by atoms with Crippen molar-refractivity contribution in [2.24, 2.45) is 29.6 Å². The number of carbonyl (C=O) groups is 3. The molecule has 3 amide bonds. The van der Waals surface area contributed by atoms with Gasteiger partial charge in [-0.3, -0.25) is 19.3 Å². The van der Waals surface area contributed by atoms with E-state index in [2.05, 4.69) is 22.8 Å². The average molecular weight is 382 g/mol. The van der Waals surface area contributed by atoms with Gasteiger partial charge >= 0.3 is 0 Å². The van der Waals surface area contributed by atoms with Gasteiger partial charge in [-0.1, -0.05) is 12.2 Å². The van der Waals surface area contributed by atoms with Crippen molar-refractivity contribution >= 4 is 30.1 Å². The molecule has 7 heteroatoms. The molecule has 6 nitrogen and oxygen atoms in total. The standard InChI is InChI=1S/C19H27N3O3.ClH/c23-15(4-1-12-5-7-20-8-6-12)21-9-10-22-18(24)16-13-2-3-14(11-13)17(16)19(22)25;/h2-3,12-14,16-17,20H,1,4-11H2,(H,21,23);1H. The average Bonchev–Trinajstić information content (AvgIpc) is 3.30. The van der Waals surface area contributed by atoms with Crippen LogP contribution in [0.4, 0.5) is 0 Å². The lowest BCUT2D eigenvalue weighted by Gasteiger charge is -2.22. The maximum Gasteiger partial charge on any atom is 0.233 e. The zero-order chi connectivity index (χ0) is 17.4. The number of fused-ring (bicyclic) bond motifs is 5. The third-order valence-corrected chi connectivity index (χ3v) is 6.46. The van der Waals surface area contributed by atoms with Crippen LogP contribution in [0.1, 0.15) is 32.1 Å². The number of nitrogens with one attached hydrogen (secondary N) is 2. The summed E-state index contributed by atoms with van der Waals surface area (Å²) in [5, 5.41) is 6.21. The second-order valence-corrected chi connectivity index (χ2v) is 7.91. The highest BCUT2D eigenvalue weighted by Crippen LogP contribution is 2.52. The monoisotopic (exact) mass is 381 g/mol. The van der Waals surface area contributed by atoms with Crippen molar-refractivity contribution < 1.29 is 14.4 Å². The van der Waals surface area contributed by atoms with E-state index >= 15 is 0 Å². The number of halogens is 1. The molecule has 0 aromatic rings. The normalized spacial score (nSPS) is 32.7. The molecule has 0 aromatic heterocycles. The molecule has 3 fully saturated rings. The van der Waals surface area contributed by atoms with Crippen LogP contribution < -0.4 is 10.6 Å². The van der Waals surface area contributed by atoms with E-state index in [0.717, 1.165) is 38.8 Å². The summed E-state index contributed by atoms with van der Waals surface area (Å²) >= 11 is 0. The van der Waals surface area contributed by atoms with Crippen LogP contribution in [-0.4, -0.2) is 48.8 Å². The third kappa shape index (κ3) is 3.54. The fraction of sp³-hybridized carbons (Fsp3) is 0.737. The Morgan fingerprint density at radius 1 is 1.12 bits per heavy atom. The van der Waals surface area contributed by atoms with Gasteiger partial charge < -0.3 is 10.6 Å². The predicted molar refractivity (Wildman–Crippen MR) is 99.5 cm³/mol. The largest absolute Gasteiger partial charge is 0.354 e. The molecule has 0 spiro atoms. The Balaban J connectivity index is 0.00000196. The lowest BCUT2D eigenvalue weighted by molar-refractivity contribution is -0.141. The lowest BCUT2D eigenvalue weighted by Crippen LogP contribution is -2.39. The number of rotatable bonds is 6. The van der Waals surface area contributed by atoms with Crippen LogP contribution in [0.25, 0.3) is 0 Å². The van der Waals surface area contributed by atoms with Crippen LogP contribution in [0.3, 0.4) is 0 Å². The van der Waals surface area contributed by atoms with Gasteiger partial charge in [0.15, 0.2) is 0 Å². The first-order valence-corrected chi connectivity index (χ1v) is 9.66. The van der Waals surface area contributed by atoms with Crippen LogP contribution in [0.5, 0.6) is 0 Å². The Hall–Kier alpha value is -1.40. The Morgan fingerprint density at radius 3 is 2.35 bits per heavy atom. The van der Waals surface area contributed by atoms with Crippen molar-refractivity contribution in [3.05, 3.63) is 12.2 Å². The van der Waals surface area contributed by atoms with E-state index in [0.29, 0.717) is 25.4 Å². The minimum Gasteiger partial charge on any atom is -0.354 e. The maximum atomic E-state index is 12.5. The lowest BCUT2D eigenvalue weighted by atomic mass is 9.85. The third-order valence-electron chi connectivity index (χ3n) is 6.46. The summed E-state index contributed by atoms with van der Waals surface area (Å²) in [6.07, 6.45) is 8.90. The highest BCUT2D eigenvalue weighted by Gasteiger charge is 2.58. The van der Waals surface area contributed by atoms with E-state index < -0.39 is 0 Å². The highest BCUT2D eigenvalue weighted by atomic mass is 35.5. The second kappa shape index (κ2) is 8.09. The van der Waals surface area contributed by atoms with Crippen LogP contribution in [0.2, 0.25) is 0 Å². The number of likely N-dealkylation sites (tertiary alicyclic amines) is 1. The molecular formula is C19H28ClN3O3. The summed E-state index contributed by atoms with van der Waals surface area (Å²) in [6.45, 7) is 2.77. The summed E-state index contributed by atoms with van der Waals surface area (Å²) in [7, 11) is 0. The van der Waals surface area contributed by atoms with Gasteiger partial charge in [-0.15, -0.1) is 12.4 Å². The number of hydrogen-bond donors (Lipinski definition) is 2. The molecule has 26 heavy (non-hydrogen) atoms. The number of allylic oxidation sites excluding steroid dienone is 2. The summed E-state index contributed by atoms with van der Waals surface area (Å²) < 4.78 is 0. The first-order valence-electron chi connectivity index (χ1n) is 9.66. The minimum absolute atomic E-state index is 0. The Morgan fingerprint density at radius 2 is 1.73 bits per heavy atom. The number of nitrogens with zero attached hydrogens (tertiary/aromatic N) is 1. The van der Waals surface area contributed by atoms with E-state index in [4.69, 9.17) is 0 Å². The SMILES string of the molecule is Cl.O=C(CCC1CCNCC1)NCCN1C(=O)C2C3C=CC(C3)C2C1=O. The summed E-state index contributed by atoms with van der Waals surface area (Å²) in [4.78, 5) is 38.5. The Kier molecular flexibility index (Phi) is 6.03. The van der Waals surface area contributed by atoms with Crippen molar-refractivity contribution in [3.63, 3.8) is 0 Å². The molecule has 2 heterocycles. The molecule has 2 bridgehead atoms. The van der Waals surface area contributed by atoms with Gasteiger partial charge in [0, 0.05) is 19.5 Å². The summed E-state index contributed by atoms with van der Waals surface area (Å²) in [6, 6.07) is 0. The number of carbonyl (C=O) groups excluding carboxylic acids is 3. The van der Waals surface area contributed by atoms with Crippen LogP contribution in [0.15, 0.2) is 12.2 Å². The van der Waals surface area contributed by atoms with Gasteiger partial charge in [-0.25, -0.2) is 0 Å². The first-order chi connectivity index (χ1) is 12.1. The molecule has 4 atom stereocenters. The summed E-state index contributed by atoms with van der Waals surface area (Å²) in [5.74, 6) is 0.811. The molecule has 144 valence electrons. The van der Waals surface area contributed by atoms with E-state index in [1.54, 1.807) is 0 Å². The minimum atomic E-state index is -0.141. The number of imide groups is 1. The van der Waals surface area contributed by atoms with E-state index in [1.807, 2.05) is 0 Å². The Bertz CT molecular complexity index is 573. The number of hydrogen-bond acceptors (Lipinski definition) is 4. The number of piperidine rings is 1. The molecule has 2 saturated heterocycles. The molecule has 4 unspecified atom stereocenters. The van der Waals surface area contributed by atoms with Gasteiger partial charge in [0.05, 0.1) is 11.8 Å². The first kappa shape index (κ1) is 19.4. The van der Waals surface area contributed by atoms with Crippen molar-refractivity contribution in [2.45, 2.75) is 32.1 Å². The van der Waals surface area contributed by atoms with E-state index in [-0.39, 0.29) is 53.8 Å². The van der Waals surface area contributed by atoms with Crippen molar-refractivity contribution in [3.8, 4) is 0 Å². The van der Waals surface area contributed by atoms with Crippen molar-refractivity contribution in [2.75, 3.05) is 26.2 Å². The molecule has 0 radical (unpaired) electrons. The zero-order valence-corrected chi connectivity index (χ0v) is 15.8. The molecular weight excluding hydrogens is 354 g/mol. The van der Waals surface area contributed by atoms with Crippen LogP contribution in [0, 0.1) is 29.6 Å². The zero-order valence-electron chi connectivity index (χ0n) is 15.0.